The Morgan fingerprint density at radius 1 is 1.16 bits per heavy atom. The van der Waals surface area contributed by atoms with E-state index in [-0.39, 0.29) is 13.0 Å². The van der Waals surface area contributed by atoms with Crippen molar-refractivity contribution in [2.45, 2.75) is 24.0 Å². The van der Waals surface area contributed by atoms with E-state index in [4.69, 9.17) is 22.1 Å². The first-order valence-electron chi connectivity index (χ1n) is 7.58. The molecule has 0 aliphatic heterocycles. The van der Waals surface area contributed by atoms with Gasteiger partial charge in [0.15, 0.2) is 0 Å². The molecule has 0 bridgehead atoms. The Balaban J connectivity index is 1.96. The maximum atomic E-state index is 12.1. The highest BCUT2D eigenvalue weighted by atomic mass is 35.5. The van der Waals surface area contributed by atoms with Gasteiger partial charge in [-0.05, 0) is 41.6 Å². The third-order valence-corrected chi connectivity index (χ3v) is 4.51. The second-order valence-electron chi connectivity index (χ2n) is 5.33. The number of thioether (sulfide) groups is 1. The molecule has 2 aromatic rings. The first-order valence-corrected chi connectivity index (χ1v) is 9.18. The first kappa shape index (κ1) is 19.1. The van der Waals surface area contributed by atoms with E-state index >= 15 is 0 Å². The Morgan fingerprint density at radius 3 is 2.36 bits per heavy atom. The summed E-state index contributed by atoms with van der Waals surface area (Å²) in [7, 11) is 0. The molecule has 0 saturated heterocycles. The summed E-state index contributed by atoms with van der Waals surface area (Å²) in [6, 6.07) is 13.3. The number of esters is 1. The number of nitrogens with one attached hydrogen (secondary N) is 1. The minimum Gasteiger partial charge on any atom is -0.461 e. The summed E-state index contributed by atoms with van der Waals surface area (Å²) in [6.07, 6.45) is 1.98. The Morgan fingerprint density at radius 2 is 1.80 bits per heavy atom. The number of nitrogens with two attached hydrogens (primary N) is 1. The third kappa shape index (κ3) is 6.32. The van der Waals surface area contributed by atoms with Crippen molar-refractivity contribution >= 4 is 35.4 Å². The van der Waals surface area contributed by atoms with Gasteiger partial charge in [0.25, 0.3) is 0 Å². The number of urea groups is 1. The number of halogens is 1. The molecule has 0 radical (unpaired) electrons. The molecule has 3 N–H and O–H groups in total. The van der Waals surface area contributed by atoms with Crippen LogP contribution in [0.25, 0.3) is 0 Å². The highest BCUT2D eigenvalue weighted by Crippen LogP contribution is 2.20. The van der Waals surface area contributed by atoms with Crippen molar-refractivity contribution < 1.29 is 14.3 Å². The highest BCUT2D eigenvalue weighted by molar-refractivity contribution is 7.98. The van der Waals surface area contributed by atoms with Gasteiger partial charge in [0.1, 0.15) is 6.61 Å². The molecule has 0 aromatic heterocycles. The van der Waals surface area contributed by atoms with Crippen LogP contribution in [-0.4, -0.2) is 18.3 Å². The van der Waals surface area contributed by atoms with Gasteiger partial charge in [-0.1, -0.05) is 35.9 Å². The zero-order chi connectivity index (χ0) is 18.2. The van der Waals surface area contributed by atoms with Crippen LogP contribution in [0.1, 0.15) is 23.6 Å². The predicted molar refractivity (Wildman–Crippen MR) is 99.5 cm³/mol. The van der Waals surface area contributed by atoms with E-state index in [2.05, 4.69) is 5.32 Å². The lowest BCUT2D eigenvalue weighted by Crippen LogP contribution is -2.34. The third-order valence-electron chi connectivity index (χ3n) is 3.52. The lowest BCUT2D eigenvalue weighted by Gasteiger charge is -2.17. The van der Waals surface area contributed by atoms with Crippen molar-refractivity contribution in [2.75, 3.05) is 6.26 Å². The second kappa shape index (κ2) is 9.34. The number of primary amides is 1. The lowest BCUT2D eigenvalue weighted by atomic mass is 10.0. The van der Waals surface area contributed by atoms with E-state index in [1.54, 1.807) is 36.0 Å². The topological polar surface area (TPSA) is 81.4 Å². The van der Waals surface area contributed by atoms with Gasteiger partial charge in [-0.3, -0.25) is 4.79 Å². The lowest BCUT2D eigenvalue weighted by molar-refractivity contribution is -0.145. The number of amides is 2. The van der Waals surface area contributed by atoms with E-state index < -0.39 is 18.0 Å². The Bertz CT molecular complexity index is 720. The average Bonchev–Trinajstić information content (AvgIpc) is 2.60. The fourth-order valence-electron chi connectivity index (χ4n) is 2.23. The van der Waals surface area contributed by atoms with Gasteiger partial charge in [0.2, 0.25) is 0 Å². The fourth-order valence-corrected chi connectivity index (χ4v) is 2.76. The molecular formula is C18H19ClN2O3S. The molecule has 7 heteroatoms. The van der Waals surface area contributed by atoms with E-state index in [1.165, 1.54) is 0 Å². The molecule has 25 heavy (non-hydrogen) atoms. The van der Waals surface area contributed by atoms with E-state index in [9.17, 15) is 9.59 Å². The van der Waals surface area contributed by atoms with Crippen LogP contribution in [0.3, 0.4) is 0 Å². The molecular weight excluding hydrogens is 360 g/mol. The molecule has 0 aliphatic rings. The monoisotopic (exact) mass is 378 g/mol. The molecule has 1 atom stereocenters. The summed E-state index contributed by atoms with van der Waals surface area (Å²) < 4.78 is 5.29. The van der Waals surface area contributed by atoms with Crippen LogP contribution in [-0.2, 0) is 16.1 Å². The number of hydrogen-bond donors (Lipinski definition) is 2. The van der Waals surface area contributed by atoms with Crippen LogP contribution < -0.4 is 11.1 Å². The Labute approximate surface area is 155 Å². The van der Waals surface area contributed by atoms with Gasteiger partial charge in [-0.25, -0.2) is 4.79 Å². The number of carbonyl (C=O) groups is 2. The molecule has 2 rings (SSSR count). The maximum absolute atomic E-state index is 12.1. The van der Waals surface area contributed by atoms with Crippen molar-refractivity contribution in [3.63, 3.8) is 0 Å². The van der Waals surface area contributed by atoms with Crippen molar-refractivity contribution in [2.24, 2.45) is 5.73 Å². The van der Waals surface area contributed by atoms with Gasteiger partial charge in [0, 0.05) is 9.92 Å². The highest BCUT2D eigenvalue weighted by Gasteiger charge is 2.18. The van der Waals surface area contributed by atoms with Gasteiger partial charge in [-0.2, -0.15) is 0 Å². The molecule has 0 fully saturated rings. The van der Waals surface area contributed by atoms with Gasteiger partial charge < -0.3 is 15.8 Å². The van der Waals surface area contributed by atoms with Crippen LogP contribution in [0.15, 0.2) is 53.4 Å². The molecule has 2 amide bonds. The van der Waals surface area contributed by atoms with Crippen molar-refractivity contribution in [1.82, 2.24) is 5.32 Å². The summed E-state index contributed by atoms with van der Waals surface area (Å²) in [4.78, 5) is 24.5. The molecule has 0 aliphatic carbocycles. The van der Waals surface area contributed by atoms with Crippen molar-refractivity contribution in [3.8, 4) is 0 Å². The normalized spacial score (nSPS) is 11.6. The Hall–Kier alpha value is -2.18. The van der Waals surface area contributed by atoms with Gasteiger partial charge in [-0.15, -0.1) is 11.8 Å². The van der Waals surface area contributed by atoms with E-state index in [0.717, 1.165) is 16.0 Å². The second-order valence-corrected chi connectivity index (χ2v) is 6.64. The molecule has 2 aromatic carbocycles. The SMILES string of the molecule is CSc1ccc(COC(=O)C[C@@H](NC(N)=O)c2ccc(Cl)cc2)cc1. The molecule has 5 nitrogen and oxygen atoms in total. The average molecular weight is 379 g/mol. The van der Waals surface area contributed by atoms with Crippen LogP contribution >= 0.6 is 23.4 Å². The van der Waals surface area contributed by atoms with Crippen LogP contribution in [0.5, 0.6) is 0 Å². The van der Waals surface area contributed by atoms with Crippen molar-refractivity contribution in [1.29, 1.82) is 0 Å². The molecule has 0 unspecified atom stereocenters. The number of benzene rings is 2. The zero-order valence-corrected chi connectivity index (χ0v) is 15.3. The van der Waals surface area contributed by atoms with E-state index in [1.807, 2.05) is 30.5 Å². The quantitative estimate of drug-likeness (QED) is 0.565. The summed E-state index contributed by atoms with van der Waals surface area (Å²) in [5.74, 6) is -0.428. The van der Waals surface area contributed by atoms with Crippen molar-refractivity contribution in [3.05, 3.63) is 64.7 Å². The summed E-state index contributed by atoms with van der Waals surface area (Å²) in [5, 5.41) is 3.12. The smallest absolute Gasteiger partial charge is 0.312 e. The fraction of sp³-hybridized carbons (Fsp3) is 0.222. The molecule has 0 spiro atoms. The minimum absolute atomic E-state index is 0.0204. The summed E-state index contributed by atoms with van der Waals surface area (Å²) >= 11 is 7.51. The number of carbonyl (C=O) groups excluding carboxylic acids is 2. The van der Waals surface area contributed by atoms with Gasteiger partial charge >= 0.3 is 12.0 Å². The molecule has 132 valence electrons. The van der Waals surface area contributed by atoms with Crippen LogP contribution in [0.4, 0.5) is 4.79 Å². The van der Waals surface area contributed by atoms with Crippen LogP contribution in [0, 0.1) is 0 Å². The zero-order valence-electron chi connectivity index (χ0n) is 13.7. The predicted octanol–water partition coefficient (Wildman–Crippen LogP) is 3.90. The van der Waals surface area contributed by atoms with E-state index in [0.29, 0.717) is 5.02 Å². The number of ether oxygens (including phenoxy) is 1. The molecule has 0 heterocycles. The summed E-state index contributed by atoms with van der Waals surface area (Å²) in [5.41, 5.74) is 6.82. The molecule has 0 saturated carbocycles. The number of rotatable bonds is 7. The summed E-state index contributed by atoms with van der Waals surface area (Å²) in [6.45, 7) is 0.178. The number of hydrogen-bond acceptors (Lipinski definition) is 4. The van der Waals surface area contributed by atoms with Gasteiger partial charge in [0.05, 0.1) is 12.5 Å². The van der Waals surface area contributed by atoms with Crippen LogP contribution in [0.2, 0.25) is 5.02 Å². The minimum atomic E-state index is -0.708. The first-order chi connectivity index (χ1) is 12.0. The maximum Gasteiger partial charge on any atom is 0.312 e. The Kier molecular flexibility index (Phi) is 7.16. The largest absolute Gasteiger partial charge is 0.461 e. The standard InChI is InChI=1S/C18H19ClN2O3S/c1-25-15-8-2-12(3-9-15)11-24-17(22)10-16(21-18(20)23)13-4-6-14(19)7-5-13/h2-9,16H,10-11H2,1H3,(H3,20,21,23)/t16-/m1/s1.